The summed E-state index contributed by atoms with van der Waals surface area (Å²) in [5, 5.41) is 19.2. The number of aliphatic carboxylic acids is 1. The van der Waals surface area contributed by atoms with Gasteiger partial charge in [0, 0.05) is 17.0 Å². The number of rotatable bonds is 6. The van der Waals surface area contributed by atoms with Crippen LogP contribution in [-0.4, -0.2) is 35.1 Å². The van der Waals surface area contributed by atoms with Gasteiger partial charge in [-0.05, 0) is 38.0 Å². The molecule has 1 aromatic rings. The van der Waals surface area contributed by atoms with E-state index in [4.69, 9.17) is 9.84 Å². The van der Waals surface area contributed by atoms with Crippen LogP contribution in [0.25, 0.3) is 5.57 Å². The van der Waals surface area contributed by atoms with Gasteiger partial charge in [0.25, 0.3) is 5.60 Å². The lowest BCUT2D eigenvalue weighted by Crippen LogP contribution is -2.57. The number of allylic oxidation sites excluding steroid dienone is 1. The topological polar surface area (TPSA) is 66.8 Å². The van der Waals surface area contributed by atoms with Gasteiger partial charge in [0.1, 0.15) is 11.6 Å². The maximum absolute atomic E-state index is 13.7. The Bertz CT molecular complexity index is 682. The molecule has 0 aliphatic rings. The lowest BCUT2D eigenvalue weighted by Gasteiger charge is -2.35. The Balaban J connectivity index is 3.69. The molecule has 0 heterocycles. The number of benzene rings is 1. The van der Waals surface area contributed by atoms with E-state index in [9.17, 15) is 27.5 Å². The first-order valence-electron chi connectivity index (χ1n) is 7.49. The van der Waals surface area contributed by atoms with Gasteiger partial charge in [-0.1, -0.05) is 13.0 Å². The second-order valence-electron chi connectivity index (χ2n) is 5.53. The average molecular weight is 364 g/mol. The van der Waals surface area contributed by atoms with E-state index >= 15 is 0 Å². The van der Waals surface area contributed by atoms with E-state index in [1.807, 2.05) is 0 Å². The summed E-state index contributed by atoms with van der Waals surface area (Å²) in [6, 6.07) is 2.26. The summed E-state index contributed by atoms with van der Waals surface area (Å²) in [7, 11) is 1.23. The second kappa shape index (κ2) is 7.43. The predicted molar refractivity (Wildman–Crippen MR) is 83.8 cm³/mol. The maximum Gasteiger partial charge on any atom is 0.428 e. The Morgan fingerprint density at radius 3 is 2.28 bits per heavy atom. The van der Waals surface area contributed by atoms with Crippen LogP contribution in [0.5, 0.6) is 5.75 Å². The zero-order valence-corrected chi connectivity index (χ0v) is 14.2. The van der Waals surface area contributed by atoms with Crippen molar-refractivity contribution in [2.24, 2.45) is 5.92 Å². The molecule has 0 aromatic heterocycles. The fourth-order valence-electron chi connectivity index (χ4n) is 2.91. The predicted octanol–water partition coefficient (Wildman–Crippen LogP) is 3.95. The number of methoxy groups -OCH3 is 1. The molecule has 0 saturated heterocycles. The van der Waals surface area contributed by atoms with Gasteiger partial charge in [0.15, 0.2) is 0 Å². The summed E-state index contributed by atoms with van der Waals surface area (Å²) < 4.78 is 59.0. The molecule has 4 nitrogen and oxygen atoms in total. The molecule has 0 amide bonds. The number of hydrogen-bond donors (Lipinski definition) is 2. The third-order valence-electron chi connectivity index (χ3n) is 4.21. The van der Waals surface area contributed by atoms with Gasteiger partial charge in [-0.2, -0.15) is 13.2 Å². The normalized spacial score (nSPS) is 16.3. The highest BCUT2D eigenvalue weighted by molar-refractivity contribution is 5.85. The molecule has 8 heteroatoms. The maximum atomic E-state index is 13.7. The fraction of sp³-hybridized carbons (Fsp3) is 0.471. The Hall–Kier alpha value is -2.09. The van der Waals surface area contributed by atoms with Crippen LogP contribution in [0.3, 0.4) is 0 Å². The minimum absolute atomic E-state index is 0.0125. The molecule has 1 unspecified atom stereocenters. The van der Waals surface area contributed by atoms with E-state index in [0.29, 0.717) is 0 Å². The molecule has 2 N–H and O–H groups in total. The van der Waals surface area contributed by atoms with Gasteiger partial charge in [-0.25, -0.2) is 9.18 Å². The highest BCUT2D eigenvalue weighted by Crippen LogP contribution is 2.46. The van der Waals surface area contributed by atoms with E-state index in [0.717, 1.165) is 6.07 Å². The summed E-state index contributed by atoms with van der Waals surface area (Å²) in [6.07, 6.45) is -4.46. The molecular weight excluding hydrogens is 344 g/mol. The van der Waals surface area contributed by atoms with Crippen molar-refractivity contribution in [3.63, 3.8) is 0 Å². The average Bonchev–Trinajstić information content (AvgIpc) is 2.53. The SMILES string of the molecule is CC=C(c1ccc(F)c(C)c1OC)C(CC)[C@@](O)(C(=O)O)C(F)(F)F. The number of alkyl halides is 3. The summed E-state index contributed by atoms with van der Waals surface area (Å²) in [5.41, 5.74) is -3.92. The Morgan fingerprint density at radius 1 is 1.36 bits per heavy atom. The third-order valence-corrected chi connectivity index (χ3v) is 4.21. The molecule has 0 radical (unpaired) electrons. The number of hydrogen-bond acceptors (Lipinski definition) is 3. The minimum Gasteiger partial charge on any atom is -0.496 e. The molecular formula is C17H20F4O4. The van der Waals surface area contributed by atoms with Gasteiger partial charge >= 0.3 is 12.1 Å². The molecule has 0 spiro atoms. The standard InChI is InChI=1S/C17H20F4O4/c1-5-10(11-7-8-13(18)9(3)14(11)25-4)12(6-2)16(24,15(22)23)17(19,20)21/h5,7-8,12,24H,6H2,1-4H3,(H,22,23)/t12?,16-/m1/s1. The lowest BCUT2D eigenvalue weighted by atomic mass is 9.76. The minimum atomic E-state index is -5.41. The van der Waals surface area contributed by atoms with Crippen molar-refractivity contribution in [2.75, 3.05) is 7.11 Å². The zero-order valence-electron chi connectivity index (χ0n) is 14.2. The quantitative estimate of drug-likeness (QED) is 0.750. The largest absolute Gasteiger partial charge is 0.496 e. The second-order valence-corrected chi connectivity index (χ2v) is 5.53. The first-order chi connectivity index (χ1) is 11.5. The van der Waals surface area contributed by atoms with Crippen LogP contribution in [0.2, 0.25) is 0 Å². The summed E-state index contributed by atoms with van der Waals surface area (Å²) >= 11 is 0. The molecule has 0 aliphatic heterocycles. The van der Waals surface area contributed by atoms with Crippen molar-refractivity contribution < 1.29 is 37.3 Å². The van der Waals surface area contributed by atoms with Crippen LogP contribution in [0, 0.1) is 18.7 Å². The van der Waals surface area contributed by atoms with Crippen LogP contribution in [-0.2, 0) is 4.79 Å². The number of carboxylic acid groups (broad SMARTS) is 1. The van der Waals surface area contributed by atoms with Crippen molar-refractivity contribution in [3.8, 4) is 5.75 Å². The number of aliphatic hydroxyl groups is 1. The van der Waals surface area contributed by atoms with Crippen molar-refractivity contribution >= 4 is 11.5 Å². The highest BCUT2D eigenvalue weighted by Gasteiger charge is 2.64. The van der Waals surface area contributed by atoms with E-state index in [2.05, 4.69) is 0 Å². The highest BCUT2D eigenvalue weighted by atomic mass is 19.4. The van der Waals surface area contributed by atoms with Crippen LogP contribution < -0.4 is 4.74 Å². The monoisotopic (exact) mass is 364 g/mol. The lowest BCUT2D eigenvalue weighted by molar-refractivity contribution is -0.270. The van der Waals surface area contributed by atoms with Crippen molar-refractivity contribution in [1.82, 2.24) is 0 Å². The van der Waals surface area contributed by atoms with Crippen molar-refractivity contribution in [2.45, 2.75) is 39.0 Å². The zero-order chi connectivity index (χ0) is 19.6. The number of carbonyl (C=O) groups is 1. The van der Waals surface area contributed by atoms with Crippen LogP contribution in [0.4, 0.5) is 17.6 Å². The van der Waals surface area contributed by atoms with Crippen molar-refractivity contribution in [3.05, 3.63) is 35.2 Å². The third kappa shape index (κ3) is 3.49. The van der Waals surface area contributed by atoms with E-state index in [1.54, 1.807) is 0 Å². The smallest absolute Gasteiger partial charge is 0.428 e. The number of halogens is 4. The molecule has 0 saturated carbocycles. The molecule has 0 bridgehead atoms. The number of ether oxygens (including phenoxy) is 1. The molecule has 1 rings (SSSR count). The number of carboxylic acids is 1. The molecule has 2 atom stereocenters. The first-order valence-corrected chi connectivity index (χ1v) is 7.49. The van der Waals surface area contributed by atoms with Gasteiger partial charge < -0.3 is 14.9 Å². The van der Waals surface area contributed by atoms with Crippen LogP contribution in [0.15, 0.2) is 18.2 Å². The van der Waals surface area contributed by atoms with Crippen LogP contribution >= 0.6 is 0 Å². The molecule has 140 valence electrons. The van der Waals surface area contributed by atoms with Gasteiger partial charge in [-0.15, -0.1) is 0 Å². The summed E-state index contributed by atoms with van der Waals surface area (Å²) in [5.74, 6) is -4.84. The Kier molecular flexibility index (Phi) is 6.23. The van der Waals surface area contributed by atoms with E-state index < -0.39 is 29.5 Å². The summed E-state index contributed by atoms with van der Waals surface area (Å²) in [6.45, 7) is 4.13. The first kappa shape index (κ1) is 21.0. The summed E-state index contributed by atoms with van der Waals surface area (Å²) in [4.78, 5) is 11.3. The molecule has 1 aromatic carbocycles. The van der Waals surface area contributed by atoms with Gasteiger partial charge in [0.05, 0.1) is 7.11 Å². The van der Waals surface area contributed by atoms with Crippen molar-refractivity contribution in [1.29, 1.82) is 0 Å². The Morgan fingerprint density at radius 2 is 1.92 bits per heavy atom. The fourth-order valence-corrected chi connectivity index (χ4v) is 2.91. The van der Waals surface area contributed by atoms with Gasteiger partial charge in [-0.3, -0.25) is 0 Å². The van der Waals surface area contributed by atoms with E-state index in [-0.39, 0.29) is 28.9 Å². The van der Waals surface area contributed by atoms with Crippen LogP contribution in [0.1, 0.15) is 31.4 Å². The Labute approximate surface area is 142 Å². The molecule has 0 aliphatic carbocycles. The van der Waals surface area contributed by atoms with Gasteiger partial charge in [0.2, 0.25) is 0 Å². The molecule has 25 heavy (non-hydrogen) atoms. The van der Waals surface area contributed by atoms with E-state index in [1.165, 1.54) is 40.0 Å². The molecule has 0 fully saturated rings.